The first-order valence-corrected chi connectivity index (χ1v) is 10.6. The van der Waals surface area contributed by atoms with E-state index >= 15 is 0 Å². The fraction of sp³-hybridized carbons (Fsp3) is 0.0800. The summed E-state index contributed by atoms with van der Waals surface area (Å²) in [4.78, 5) is 40.7. The van der Waals surface area contributed by atoms with Gasteiger partial charge in [-0.05, 0) is 54.1 Å². The van der Waals surface area contributed by atoms with E-state index in [1.807, 2.05) is 5.43 Å². The van der Waals surface area contributed by atoms with Gasteiger partial charge in [0, 0.05) is 16.8 Å². The van der Waals surface area contributed by atoms with Crippen molar-refractivity contribution in [1.82, 2.24) is 5.43 Å². The van der Waals surface area contributed by atoms with Crippen LogP contribution in [0.2, 0.25) is 0 Å². The maximum atomic E-state index is 13.7. The smallest absolute Gasteiger partial charge is 0.343 e. The molecule has 1 aliphatic heterocycles. The summed E-state index contributed by atoms with van der Waals surface area (Å²) in [6, 6.07) is 16.6. The average Bonchev–Trinajstić information content (AvgIpc) is 3.44. The van der Waals surface area contributed by atoms with Crippen molar-refractivity contribution in [2.75, 3.05) is 17.7 Å². The molecule has 35 heavy (non-hydrogen) atoms. The van der Waals surface area contributed by atoms with Crippen LogP contribution in [-0.2, 0) is 0 Å². The molecule has 1 aliphatic carbocycles. The number of methoxy groups -OCH3 is 1. The largest absolute Gasteiger partial charge is 0.497 e. The van der Waals surface area contributed by atoms with Crippen molar-refractivity contribution in [3.8, 4) is 5.75 Å². The Morgan fingerprint density at radius 3 is 2.49 bits per heavy atom. The van der Waals surface area contributed by atoms with Crippen molar-refractivity contribution in [2.24, 2.45) is 16.1 Å². The van der Waals surface area contributed by atoms with Crippen molar-refractivity contribution in [2.45, 2.75) is 6.04 Å². The van der Waals surface area contributed by atoms with Gasteiger partial charge in [0.15, 0.2) is 5.78 Å². The van der Waals surface area contributed by atoms with Crippen LogP contribution in [0.4, 0.5) is 16.2 Å². The number of carbonyl (C=O) groups is 3. The Hall–Kier alpha value is -4.83. The number of nitrogens with one attached hydrogen (secondary N) is 1. The number of benzene rings is 3. The number of hydrazine groups is 1. The van der Waals surface area contributed by atoms with Gasteiger partial charge in [0.25, 0.3) is 5.91 Å². The van der Waals surface area contributed by atoms with Crippen LogP contribution in [0.25, 0.3) is 5.70 Å². The topological polar surface area (TPSA) is 152 Å². The van der Waals surface area contributed by atoms with Gasteiger partial charge >= 0.3 is 6.03 Å². The third-order valence-electron chi connectivity index (χ3n) is 5.91. The lowest BCUT2D eigenvalue weighted by atomic mass is 10.0. The predicted molar refractivity (Wildman–Crippen MR) is 129 cm³/mol. The summed E-state index contributed by atoms with van der Waals surface area (Å²) in [6.07, 6.45) is 0. The average molecular weight is 468 g/mol. The lowest BCUT2D eigenvalue weighted by Gasteiger charge is -2.22. The predicted octanol–water partition coefficient (Wildman–Crippen LogP) is 3.62. The maximum Gasteiger partial charge on any atom is 0.343 e. The van der Waals surface area contributed by atoms with Crippen LogP contribution in [0.15, 0.2) is 82.5 Å². The van der Waals surface area contributed by atoms with E-state index in [0.717, 1.165) is 4.90 Å². The number of nitrogens with two attached hydrogens (primary N) is 2. The van der Waals surface area contributed by atoms with Crippen molar-refractivity contribution in [3.05, 3.63) is 94.6 Å². The number of rotatable bonds is 4. The zero-order valence-corrected chi connectivity index (χ0v) is 18.6. The fourth-order valence-electron chi connectivity index (χ4n) is 4.30. The van der Waals surface area contributed by atoms with Gasteiger partial charge in [-0.2, -0.15) is 10.2 Å². The first-order chi connectivity index (χ1) is 16.9. The van der Waals surface area contributed by atoms with Crippen molar-refractivity contribution < 1.29 is 19.1 Å². The molecule has 1 atom stereocenters. The van der Waals surface area contributed by atoms with Crippen molar-refractivity contribution >= 4 is 34.8 Å². The SMILES string of the molecule is COc1ccc(C2=C3C(=O)c4c(cccc4N(C(=O)NN)C(=O)c4cccc(N)c4)C3N=N2)cc1. The number of hydrogen-bond donors (Lipinski definition) is 3. The molecule has 5 N–H and O–H groups in total. The Bertz CT molecular complexity index is 1440. The normalized spacial score (nSPS) is 15.6. The summed E-state index contributed by atoms with van der Waals surface area (Å²) in [6.45, 7) is 0. The minimum atomic E-state index is -0.901. The molecule has 10 nitrogen and oxygen atoms in total. The lowest BCUT2D eigenvalue weighted by molar-refractivity contribution is 0.0993. The van der Waals surface area contributed by atoms with E-state index in [1.54, 1.807) is 55.6 Å². The minimum absolute atomic E-state index is 0.0917. The van der Waals surface area contributed by atoms with Crippen LogP contribution in [0.3, 0.4) is 0 Å². The molecule has 0 saturated carbocycles. The molecule has 3 aromatic rings. The number of nitrogens with zero attached hydrogens (tertiary/aromatic N) is 3. The monoisotopic (exact) mass is 468 g/mol. The molecule has 0 aromatic heterocycles. The first-order valence-electron chi connectivity index (χ1n) is 10.6. The van der Waals surface area contributed by atoms with Crippen molar-refractivity contribution in [3.63, 3.8) is 0 Å². The molecule has 174 valence electrons. The zero-order chi connectivity index (χ0) is 24.7. The van der Waals surface area contributed by atoms with Crippen LogP contribution in [0.5, 0.6) is 5.75 Å². The Morgan fingerprint density at radius 2 is 1.80 bits per heavy atom. The van der Waals surface area contributed by atoms with E-state index in [9.17, 15) is 14.4 Å². The van der Waals surface area contributed by atoms with Gasteiger partial charge < -0.3 is 10.5 Å². The number of fused-ring (bicyclic) bond motifs is 3. The third-order valence-corrected chi connectivity index (χ3v) is 5.91. The summed E-state index contributed by atoms with van der Waals surface area (Å²) in [7, 11) is 1.56. The molecule has 10 heteroatoms. The molecule has 3 aromatic carbocycles. The number of imide groups is 1. The summed E-state index contributed by atoms with van der Waals surface area (Å²) in [5, 5.41) is 8.59. The van der Waals surface area contributed by atoms with E-state index < -0.39 is 18.0 Å². The minimum Gasteiger partial charge on any atom is -0.497 e. The molecule has 2 aliphatic rings. The standard InChI is InChI=1S/C25H20N6O4/c1-35-16-10-8-13(9-11-16)21-20-22(30-29-21)17-6-3-7-18(19(17)23(20)32)31(25(34)28-27)24(33)14-4-2-5-15(26)12-14/h2-12,22H,26-27H2,1H3,(H,28,34). The number of anilines is 2. The second-order valence-electron chi connectivity index (χ2n) is 7.89. The van der Waals surface area contributed by atoms with Crippen LogP contribution in [0, 0.1) is 0 Å². The van der Waals surface area contributed by atoms with Gasteiger partial charge in [0.2, 0.25) is 0 Å². The van der Waals surface area contributed by atoms with Crippen LogP contribution >= 0.6 is 0 Å². The number of urea groups is 1. The second-order valence-corrected chi connectivity index (χ2v) is 7.89. The quantitative estimate of drug-likeness (QED) is 0.230. The van der Waals surface area contributed by atoms with Gasteiger partial charge in [-0.1, -0.05) is 18.2 Å². The van der Waals surface area contributed by atoms with Crippen LogP contribution < -0.4 is 26.6 Å². The molecule has 0 saturated heterocycles. The number of hydrogen-bond acceptors (Lipinski definition) is 8. The van der Waals surface area contributed by atoms with E-state index in [1.165, 1.54) is 18.2 Å². The number of carbonyl (C=O) groups excluding carboxylic acids is 3. The first kappa shape index (κ1) is 22.0. The highest BCUT2D eigenvalue weighted by molar-refractivity contribution is 6.27. The Kier molecular flexibility index (Phi) is 5.34. The molecule has 0 radical (unpaired) electrons. The van der Waals surface area contributed by atoms with Gasteiger partial charge in [0.05, 0.1) is 23.9 Å². The second kappa shape index (κ2) is 8.50. The molecule has 3 amide bonds. The van der Waals surface area contributed by atoms with Gasteiger partial charge in [0.1, 0.15) is 17.5 Å². The number of nitrogen functional groups attached to an aromatic ring is 1. The Morgan fingerprint density at radius 1 is 1.06 bits per heavy atom. The molecular weight excluding hydrogens is 448 g/mol. The molecule has 0 bridgehead atoms. The fourth-order valence-corrected chi connectivity index (χ4v) is 4.30. The maximum absolute atomic E-state index is 13.7. The van der Waals surface area contributed by atoms with Crippen LogP contribution in [-0.4, -0.2) is 24.8 Å². The third kappa shape index (κ3) is 3.52. The van der Waals surface area contributed by atoms with E-state index in [4.69, 9.17) is 16.3 Å². The molecular formula is C25H20N6O4. The summed E-state index contributed by atoms with van der Waals surface area (Å²) < 4.78 is 5.20. The van der Waals surface area contributed by atoms with Crippen LogP contribution in [0.1, 0.15) is 37.9 Å². The van der Waals surface area contributed by atoms with Gasteiger partial charge in [-0.3, -0.25) is 15.0 Å². The van der Waals surface area contributed by atoms with E-state index in [2.05, 4.69) is 10.2 Å². The summed E-state index contributed by atoms with van der Waals surface area (Å²) in [5.41, 5.74) is 10.7. The number of ketones is 1. The van der Waals surface area contributed by atoms with Gasteiger partial charge in [-0.15, -0.1) is 0 Å². The molecule has 5 rings (SSSR count). The molecule has 1 unspecified atom stereocenters. The number of azo groups is 1. The number of amides is 3. The number of ether oxygens (including phenoxy) is 1. The Labute approximate surface area is 199 Å². The lowest BCUT2D eigenvalue weighted by Crippen LogP contribution is -2.47. The molecule has 1 heterocycles. The van der Waals surface area contributed by atoms with E-state index in [-0.39, 0.29) is 22.6 Å². The van der Waals surface area contributed by atoms with E-state index in [0.29, 0.717) is 33.8 Å². The summed E-state index contributed by atoms with van der Waals surface area (Å²) >= 11 is 0. The van der Waals surface area contributed by atoms with Crippen molar-refractivity contribution in [1.29, 1.82) is 0 Å². The highest BCUT2D eigenvalue weighted by Crippen LogP contribution is 2.49. The Balaban J connectivity index is 1.63. The highest BCUT2D eigenvalue weighted by atomic mass is 16.5. The molecule has 0 spiro atoms. The molecule has 0 fully saturated rings. The highest BCUT2D eigenvalue weighted by Gasteiger charge is 2.44. The van der Waals surface area contributed by atoms with Gasteiger partial charge in [-0.25, -0.2) is 15.5 Å². The number of Topliss-reactive ketones (excluding diaryl/α,β-unsaturated/α-hetero) is 1. The summed E-state index contributed by atoms with van der Waals surface area (Å²) in [5.74, 6) is 5.00. The zero-order valence-electron chi connectivity index (χ0n) is 18.6.